The molecule has 2 rings (SSSR count). The smallest absolute Gasteiger partial charge is 0.161 e. The summed E-state index contributed by atoms with van der Waals surface area (Å²) in [6.45, 7) is 4.01. The second-order valence-electron chi connectivity index (χ2n) is 4.96. The number of hydrogen-bond acceptors (Lipinski definition) is 5. The van der Waals surface area contributed by atoms with Crippen LogP contribution in [0.4, 0.5) is 0 Å². The summed E-state index contributed by atoms with van der Waals surface area (Å²) in [5, 5.41) is 12.5. The number of aliphatic hydroxyl groups excluding tert-OH is 1. The fourth-order valence-electron chi connectivity index (χ4n) is 2.35. The largest absolute Gasteiger partial charge is 0.486 e. The third-order valence-corrected chi connectivity index (χ3v) is 3.40. The Kier molecular flexibility index (Phi) is 5.64. The van der Waals surface area contributed by atoms with Crippen LogP contribution in [0.15, 0.2) is 18.2 Å². The van der Waals surface area contributed by atoms with Crippen LogP contribution in [0.3, 0.4) is 0 Å². The van der Waals surface area contributed by atoms with E-state index in [1.165, 1.54) is 0 Å². The Morgan fingerprint density at radius 1 is 1.30 bits per heavy atom. The van der Waals surface area contributed by atoms with Gasteiger partial charge in [0.05, 0.1) is 6.61 Å². The van der Waals surface area contributed by atoms with Crippen molar-refractivity contribution in [3.8, 4) is 11.5 Å². The number of nitrogens with one attached hydrogen (secondary N) is 1. The van der Waals surface area contributed by atoms with Crippen molar-refractivity contribution in [2.24, 2.45) is 0 Å². The van der Waals surface area contributed by atoms with E-state index in [0.717, 1.165) is 17.1 Å². The molecule has 2 unspecified atom stereocenters. The monoisotopic (exact) mass is 281 g/mol. The first-order valence-corrected chi connectivity index (χ1v) is 7.00. The minimum absolute atomic E-state index is 0.133. The molecule has 1 aromatic rings. The second kappa shape index (κ2) is 7.47. The average molecular weight is 281 g/mol. The Hall–Kier alpha value is -1.30. The van der Waals surface area contributed by atoms with E-state index in [4.69, 9.17) is 19.3 Å². The summed E-state index contributed by atoms with van der Waals surface area (Å²) in [5.41, 5.74) is 1.13. The number of ether oxygens (including phenoxy) is 3. The van der Waals surface area contributed by atoms with Gasteiger partial charge in [-0.05, 0) is 31.0 Å². The number of aliphatic hydroxyl groups is 1. The predicted molar refractivity (Wildman–Crippen MR) is 76.3 cm³/mol. The van der Waals surface area contributed by atoms with Gasteiger partial charge in [-0.2, -0.15) is 0 Å². The fraction of sp³-hybridized carbons (Fsp3) is 0.600. The maximum atomic E-state index is 9.07. The summed E-state index contributed by atoms with van der Waals surface area (Å²) in [7, 11) is 1.67. The summed E-state index contributed by atoms with van der Waals surface area (Å²) in [6, 6.07) is 6.27. The molecule has 112 valence electrons. The van der Waals surface area contributed by atoms with E-state index in [-0.39, 0.29) is 18.7 Å². The van der Waals surface area contributed by atoms with Crippen molar-refractivity contribution >= 4 is 0 Å². The zero-order valence-electron chi connectivity index (χ0n) is 12.1. The van der Waals surface area contributed by atoms with Gasteiger partial charge in [-0.1, -0.05) is 6.07 Å². The molecule has 1 aromatic carbocycles. The summed E-state index contributed by atoms with van der Waals surface area (Å²) < 4.78 is 16.3. The molecule has 1 aliphatic rings. The molecule has 2 N–H and O–H groups in total. The van der Waals surface area contributed by atoms with Crippen LogP contribution in [-0.4, -0.2) is 44.7 Å². The average Bonchev–Trinajstić information content (AvgIpc) is 2.47. The Labute approximate surface area is 119 Å². The van der Waals surface area contributed by atoms with Crippen molar-refractivity contribution in [2.45, 2.75) is 25.4 Å². The minimum Gasteiger partial charge on any atom is -0.486 e. The molecular weight excluding hydrogens is 258 g/mol. The molecule has 0 fully saturated rings. The number of benzene rings is 1. The lowest BCUT2D eigenvalue weighted by Gasteiger charge is -2.24. The van der Waals surface area contributed by atoms with Crippen molar-refractivity contribution in [3.63, 3.8) is 0 Å². The molecule has 0 spiro atoms. The summed E-state index contributed by atoms with van der Waals surface area (Å²) in [6.07, 6.45) is 0.669. The van der Waals surface area contributed by atoms with Gasteiger partial charge in [-0.3, -0.25) is 0 Å². The molecule has 1 aliphatic heterocycles. The first-order chi connectivity index (χ1) is 9.74. The van der Waals surface area contributed by atoms with E-state index < -0.39 is 0 Å². The second-order valence-corrected chi connectivity index (χ2v) is 4.96. The van der Waals surface area contributed by atoms with Crippen molar-refractivity contribution < 1.29 is 19.3 Å². The highest BCUT2D eigenvalue weighted by molar-refractivity contribution is 5.44. The molecule has 0 aromatic heterocycles. The van der Waals surface area contributed by atoms with E-state index in [0.29, 0.717) is 26.2 Å². The zero-order valence-corrected chi connectivity index (χ0v) is 12.1. The molecule has 5 nitrogen and oxygen atoms in total. The third-order valence-electron chi connectivity index (χ3n) is 3.40. The van der Waals surface area contributed by atoms with Gasteiger partial charge >= 0.3 is 0 Å². The first kappa shape index (κ1) is 15.1. The molecule has 0 aliphatic carbocycles. The van der Waals surface area contributed by atoms with Crippen LogP contribution in [-0.2, 0) is 4.74 Å². The summed E-state index contributed by atoms with van der Waals surface area (Å²) >= 11 is 0. The van der Waals surface area contributed by atoms with Crippen molar-refractivity contribution in [1.82, 2.24) is 5.32 Å². The standard InChI is InChI=1S/C15H23NO4/c1-11(16-13(5-6-17)10-18-2)12-3-4-14-15(9-12)20-8-7-19-14/h3-4,9,11,13,16-17H,5-8,10H2,1-2H3. The van der Waals surface area contributed by atoms with Crippen molar-refractivity contribution in [3.05, 3.63) is 23.8 Å². The normalized spacial score (nSPS) is 16.8. The van der Waals surface area contributed by atoms with E-state index in [1.54, 1.807) is 7.11 Å². The fourth-order valence-corrected chi connectivity index (χ4v) is 2.35. The van der Waals surface area contributed by atoms with Crippen LogP contribution >= 0.6 is 0 Å². The number of hydrogen-bond donors (Lipinski definition) is 2. The van der Waals surface area contributed by atoms with E-state index >= 15 is 0 Å². The maximum Gasteiger partial charge on any atom is 0.161 e. The van der Waals surface area contributed by atoms with Gasteiger partial charge in [0.1, 0.15) is 13.2 Å². The maximum absolute atomic E-state index is 9.07. The Morgan fingerprint density at radius 2 is 2.05 bits per heavy atom. The van der Waals surface area contributed by atoms with Crippen LogP contribution in [0, 0.1) is 0 Å². The van der Waals surface area contributed by atoms with Crippen LogP contribution < -0.4 is 14.8 Å². The summed E-state index contributed by atoms with van der Waals surface area (Å²) in [5.74, 6) is 1.60. The third kappa shape index (κ3) is 3.85. The molecule has 2 atom stereocenters. The van der Waals surface area contributed by atoms with Gasteiger partial charge in [-0.25, -0.2) is 0 Å². The quantitative estimate of drug-likeness (QED) is 0.793. The Balaban J connectivity index is 2.02. The highest BCUT2D eigenvalue weighted by atomic mass is 16.6. The lowest BCUT2D eigenvalue weighted by atomic mass is 10.1. The van der Waals surface area contributed by atoms with E-state index in [2.05, 4.69) is 12.2 Å². The topological polar surface area (TPSA) is 60.0 Å². The SMILES string of the molecule is COCC(CCO)NC(C)c1ccc2c(c1)OCCO2. The minimum atomic E-state index is 0.133. The lowest BCUT2D eigenvalue weighted by Crippen LogP contribution is -2.36. The highest BCUT2D eigenvalue weighted by Gasteiger charge is 2.17. The first-order valence-electron chi connectivity index (χ1n) is 7.00. The molecule has 0 bridgehead atoms. The molecular formula is C15H23NO4. The van der Waals surface area contributed by atoms with Gasteiger partial charge in [-0.15, -0.1) is 0 Å². The lowest BCUT2D eigenvalue weighted by molar-refractivity contribution is 0.143. The Bertz CT molecular complexity index is 418. The van der Waals surface area contributed by atoms with Gasteiger partial charge in [0.2, 0.25) is 0 Å². The van der Waals surface area contributed by atoms with Gasteiger partial charge < -0.3 is 24.6 Å². The number of methoxy groups -OCH3 is 1. The van der Waals surface area contributed by atoms with Gasteiger partial charge in [0, 0.05) is 25.8 Å². The highest BCUT2D eigenvalue weighted by Crippen LogP contribution is 2.32. The van der Waals surface area contributed by atoms with Crippen LogP contribution in [0.2, 0.25) is 0 Å². The van der Waals surface area contributed by atoms with Crippen molar-refractivity contribution in [1.29, 1.82) is 0 Å². The molecule has 20 heavy (non-hydrogen) atoms. The van der Waals surface area contributed by atoms with E-state index in [9.17, 15) is 0 Å². The van der Waals surface area contributed by atoms with Gasteiger partial charge in [0.25, 0.3) is 0 Å². The molecule has 0 saturated heterocycles. The molecule has 0 saturated carbocycles. The van der Waals surface area contributed by atoms with Crippen molar-refractivity contribution in [2.75, 3.05) is 33.5 Å². The summed E-state index contributed by atoms with van der Waals surface area (Å²) in [4.78, 5) is 0. The number of fused-ring (bicyclic) bond motifs is 1. The van der Waals surface area contributed by atoms with Crippen LogP contribution in [0.5, 0.6) is 11.5 Å². The zero-order chi connectivity index (χ0) is 14.4. The Morgan fingerprint density at radius 3 is 2.75 bits per heavy atom. The van der Waals surface area contributed by atoms with Gasteiger partial charge in [0.15, 0.2) is 11.5 Å². The van der Waals surface area contributed by atoms with Crippen LogP contribution in [0.1, 0.15) is 24.9 Å². The predicted octanol–water partition coefficient (Wildman–Crippen LogP) is 1.51. The van der Waals surface area contributed by atoms with E-state index in [1.807, 2.05) is 18.2 Å². The number of rotatable bonds is 7. The molecule has 1 heterocycles. The molecule has 0 radical (unpaired) electrons. The molecule has 5 heteroatoms. The molecule has 0 amide bonds. The van der Waals surface area contributed by atoms with Crippen LogP contribution in [0.25, 0.3) is 0 Å².